The molecule has 0 aliphatic carbocycles. The van der Waals surface area contributed by atoms with E-state index < -0.39 is 6.04 Å². The van der Waals surface area contributed by atoms with Crippen molar-refractivity contribution in [3.05, 3.63) is 0 Å². The Balaban J connectivity index is 3.64. The first-order chi connectivity index (χ1) is 7.11. The quantitative estimate of drug-likeness (QED) is 0.457. The average Bonchev–Trinajstić information content (AvgIpc) is 2.25. The lowest BCUT2D eigenvalue weighted by atomic mass is 10.1. The fourth-order valence-electron chi connectivity index (χ4n) is 0.966. The first-order valence-electron chi connectivity index (χ1n) is 4.84. The SMILES string of the molecule is CNC(=O)CNC(=O)C(N)CCCOC. The van der Waals surface area contributed by atoms with Gasteiger partial charge in [-0.1, -0.05) is 0 Å². The molecule has 0 aromatic carbocycles. The zero-order valence-corrected chi connectivity index (χ0v) is 9.21. The van der Waals surface area contributed by atoms with E-state index in [1.54, 1.807) is 7.11 Å². The fourth-order valence-corrected chi connectivity index (χ4v) is 0.966. The lowest BCUT2D eigenvalue weighted by Gasteiger charge is -2.11. The minimum absolute atomic E-state index is 0.0344. The Morgan fingerprint density at radius 3 is 2.67 bits per heavy atom. The topological polar surface area (TPSA) is 93.5 Å². The average molecular weight is 217 g/mol. The van der Waals surface area contributed by atoms with Gasteiger partial charge in [-0.05, 0) is 12.8 Å². The predicted molar refractivity (Wildman–Crippen MR) is 56.2 cm³/mol. The van der Waals surface area contributed by atoms with Crippen molar-refractivity contribution >= 4 is 11.8 Å². The molecule has 0 aliphatic rings. The molecule has 88 valence electrons. The molecular formula is C9H19N3O3. The number of hydrogen-bond donors (Lipinski definition) is 3. The van der Waals surface area contributed by atoms with Gasteiger partial charge in [0.15, 0.2) is 0 Å². The Hall–Kier alpha value is -1.14. The van der Waals surface area contributed by atoms with Gasteiger partial charge in [-0.15, -0.1) is 0 Å². The minimum Gasteiger partial charge on any atom is -0.385 e. The molecule has 0 aliphatic heterocycles. The van der Waals surface area contributed by atoms with Crippen molar-refractivity contribution in [1.29, 1.82) is 0 Å². The van der Waals surface area contributed by atoms with Crippen molar-refractivity contribution in [3.8, 4) is 0 Å². The summed E-state index contributed by atoms with van der Waals surface area (Å²) < 4.78 is 4.84. The molecule has 0 fully saturated rings. The lowest BCUT2D eigenvalue weighted by Crippen LogP contribution is -2.44. The van der Waals surface area contributed by atoms with E-state index >= 15 is 0 Å². The molecule has 6 heteroatoms. The highest BCUT2D eigenvalue weighted by Crippen LogP contribution is 1.94. The van der Waals surface area contributed by atoms with E-state index in [4.69, 9.17) is 10.5 Å². The third-order valence-electron chi connectivity index (χ3n) is 1.90. The van der Waals surface area contributed by atoms with E-state index in [0.29, 0.717) is 13.0 Å². The maximum atomic E-state index is 11.3. The van der Waals surface area contributed by atoms with Crippen LogP contribution in [0.15, 0.2) is 0 Å². The van der Waals surface area contributed by atoms with Gasteiger partial charge in [-0.3, -0.25) is 9.59 Å². The predicted octanol–water partition coefficient (Wildman–Crippen LogP) is -1.40. The number of nitrogens with one attached hydrogen (secondary N) is 2. The van der Waals surface area contributed by atoms with E-state index in [9.17, 15) is 9.59 Å². The van der Waals surface area contributed by atoms with E-state index in [-0.39, 0.29) is 18.4 Å². The summed E-state index contributed by atoms with van der Waals surface area (Å²) in [6.07, 6.45) is 1.28. The molecule has 15 heavy (non-hydrogen) atoms. The first-order valence-corrected chi connectivity index (χ1v) is 4.84. The van der Waals surface area contributed by atoms with Crippen LogP contribution in [0, 0.1) is 0 Å². The number of methoxy groups -OCH3 is 1. The minimum atomic E-state index is -0.579. The summed E-state index contributed by atoms with van der Waals surface area (Å²) in [5.74, 6) is -0.554. The maximum Gasteiger partial charge on any atom is 0.239 e. The van der Waals surface area contributed by atoms with E-state index in [2.05, 4.69) is 10.6 Å². The number of rotatable bonds is 7. The van der Waals surface area contributed by atoms with Crippen LogP contribution < -0.4 is 16.4 Å². The molecule has 0 saturated carbocycles. The zero-order valence-electron chi connectivity index (χ0n) is 9.21. The van der Waals surface area contributed by atoms with Crippen LogP contribution in [0.2, 0.25) is 0 Å². The Bertz CT molecular complexity index is 209. The molecule has 0 heterocycles. The van der Waals surface area contributed by atoms with Crippen LogP contribution in [-0.2, 0) is 14.3 Å². The number of carbonyl (C=O) groups is 2. The number of likely N-dealkylation sites (N-methyl/N-ethyl adjacent to an activating group) is 1. The first kappa shape index (κ1) is 13.9. The Labute approximate surface area is 89.5 Å². The molecule has 1 atom stereocenters. The monoisotopic (exact) mass is 217 g/mol. The lowest BCUT2D eigenvalue weighted by molar-refractivity contribution is -0.126. The van der Waals surface area contributed by atoms with Crippen molar-refractivity contribution in [2.45, 2.75) is 18.9 Å². The Morgan fingerprint density at radius 1 is 1.47 bits per heavy atom. The van der Waals surface area contributed by atoms with Gasteiger partial charge in [0.1, 0.15) is 0 Å². The molecule has 0 aromatic rings. The van der Waals surface area contributed by atoms with Crippen LogP contribution >= 0.6 is 0 Å². The second-order valence-electron chi connectivity index (χ2n) is 3.13. The number of ether oxygens (including phenoxy) is 1. The second-order valence-corrected chi connectivity index (χ2v) is 3.13. The van der Waals surface area contributed by atoms with Gasteiger partial charge in [-0.2, -0.15) is 0 Å². The second kappa shape index (κ2) is 8.19. The summed E-state index contributed by atoms with van der Waals surface area (Å²) in [4.78, 5) is 22.1. The summed E-state index contributed by atoms with van der Waals surface area (Å²) in [5, 5.41) is 4.84. The largest absolute Gasteiger partial charge is 0.385 e. The van der Waals surface area contributed by atoms with Crippen LogP contribution in [0.4, 0.5) is 0 Å². The van der Waals surface area contributed by atoms with Crippen molar-refractivity contribution in [3.63, 3.8) is 0 Å². The van der Waals surface area contributed by atoms with Gasteiger partial charge in [0.25, 0.3) is 0 Å². The van der Waals surface area contributed by atoms with Crippen molar-refractivity contribution in [2.75, 3.05) is 27.3 Å². The zero-order chi connectivity index (χ0) is 11.7. The van der Waals surface area contributed by atoms with Crippen LogP contribution in [0.25, 0.3) is 0 Å². The van der Waals surface area contributed by atoms with Gasteiger partial charge in [0.2, 0.25) is 11.8 Å². The fraction of sp³-hybridized carbons (Fsp3) is 0.778. The highest BCUT2D eigenvalue weighted by molar-refractivity contribution is 5.87. The highest BCUT2D eigenvalue weighted by atomic mass is 16.5. The smallest absolute Gasteiger partial charge is 0.239 e. The number of amides is 2. The number of nitrogens with two attached hydrogens (primary N) is 1. The van der Waals surface area contributed by atoms with E-state index in [1.165, 1.54) is 7.05 Å². The molecule has 0 saturated heterocycles. The van der Waals surface area contributed by atoms with Gasteiger partial charge < -0.3 is 21.1 Å². The molecule has 1 unspecified atom stereocenters. The third kappa shape index (κ3) is 6.87. The molecule has 2 amide bonds. The highest BCUT2D eigenvalue weighted by Gasteiger charge is 2.13. The third-order valence-corrected chi connectivity index (χ3v) is 1.90. The van der Waals surface area contributed by atoms with E-state index in [1.807, 2.05) is 0 Å². The Kier molecular flexibility index (Phi) is 7.57. The molecule has 0 spiro atoms. The van der Waals surface area contributed by atoms with Gasteiger partial charge in [0, 0.05) is 20.8 Å². The molecule has 0 rings (SSSR count). The van der Waals surface area contributed by atoms with E-state index in [0.717, 1.165) is 6.42 Å². The normalized spacial score (nSPS) is 11.9. The summed E-state index contributed by atoms with van der Waals surface area (Å²) in [7, 11) is 3.10. The van der Waals surface area contributed by atoms with Gasteiger partial charge in [-0.25, -0.2) is 0 Å². The number of carbonyl (C=O) groups excluding carboxylic acids is 2. The molecule has 4 N–H and O–H groups in total. The van der Waals surface area contributed by atoms with Crippen LogP contribution in [0.3, 0.4) is 0 Å². The summed E-state index contributed by atoms with van der Waals surface area (Å²) in [5.41, 5.74) is 5.59. The van der Waals surface area contributed by atoms with Crippen LogP contribution in [0.5, 0.6) is 0 Å². The summed E-state index contributed by atoms with van der Waals surface area (Å²) in [6, 6.07) is -0.579. The van der Waals surface area contributed by atoms with Crippen LogP contribution in [0.1, 0.15) is 12.8 Å². The summed E-state index contributed by atoms with van der Waals surface area (Å²) >= 11 is 0. The van der Waals surface area contributed by atoms with Gasteiger partial charge >= 0.3 is 0 Å². The number of hydrogen-bond acceptors (Lipinski definition) is 4. The van der Waals surface area contributed by atoms with Crippen molar-refractivity contribution in [2.24, 2.45) is 5.73 Å². The molecule has 0 radical (unpaired) electrons. The molecule has 0 aromatic heterocycles. The van der Waals surface area contributed by atoms with Crippen molar-refractivity contribution in [1.82, 2.24) is 10.6 Å². The molecular weight excluding hydrogens is 198 g/mol. The van der Waals surface area contributed by atoms with Gasteiger partial charge in [0.05, 0.1) is 12.6 Å². The summed E-state index contributed by atoms with van der Waals surface area (Å²) in [6.45, 7) is 0.545. The molecule has 6 nitrogen and oxygen atoms in total. The van der Waals surface area contributed by atoms with Crippen LogP contribution in [-0.4, -0.2) is 45.2 Å². The molecule has 0 bridgehead atoms. The Morgan fingerprint density at radius 2 is 2.13 bits per heavy atom. The van der Waals surface area contributed by atoms with Crippen molar-refractivity contribution < 1.29 is 14.3 Å². The standard InChI is InChI=1S/C9H19N3O3/c1-11-8(13)6-12-9(14)7(10)4-3-5-15-2/h7H,3-6,10H2,1-2H3,(H,11,13)(H,12,14). The maximum absolute atomic E-state index is 11.3.